The lowest BCUT2D eigenvalue weighted by molar-refractivity contribution is -0.131. The van der Waals surface area contributed by atoms with Gasteiger partial charge in [0.1, 0.15) is 0 Å². The molecule has 0 unspecified atom stereocenters. The lowest BCUT2D eigenvalue weighted by Gasteiger charge is -2.32. The first-order valence-electron chi connectivity index (χ1n) is 8.35. The van der Waals surface area contributed by atoms with Crippen LogP contribution in [0.15, 0.2) is 48.8 Å². The molecule has 0 bridgehead atoms. The summed E-state index contributed by atoms with van der Waals surface area (Å²) in [6, 6.07) is 11.0. The number of hydrogen-bond acceptors (Lipinski definition) is 3. The highest BCUT2D eigenvalue weighted by Crippen LogP contribution is 2.18. The van der Waals surface area contributed by atoms with E-state index in [1.807, 2.05) is 23.1 Å². The van der Waals surface area contributed by atoms with Crippen molar-refractivity contribution < 1.29 is 9.59 Å². The number of carbonyl (C=O) groups excluding carboxylic acids is 2. The SMILES string of the molecule is O=C(NC1CCN(C(=O)Cc2ccccc2Cl)CC1)c1cccnc1. The Morgan fingerprint density at radius 1 is 1.16 bits per heavy atom. The summed E-state index contributed by atoms with van der Waals surface area (Å²) in [6.45, 7) is 1.28. The van der Waals surface area contributed by atoms with E-state index in [0.29, 0.717) is 30.1 Å². The minimum absolute atomic E-state index is 0.0742. The highest BCUT2D eigenvalue weighted by Gasteiger charge is 2.24. The molecule has 5 nitrogen and oxygen atoms in total. The molecule has 0 aliphatic carbocycles. The number of nitrogens with one attached hydrogen (secondary N) is 1. The lowest BCUT2D eigenvalue weighted by atomic mass is 10.0. The first-order valence-corrected chi connectivity index (χ1v) is 8.73. The number of hydrogen-bond donors (Lipinski definition) is 1. The number of halogens is 1. The van der Waals surface area contributed by atoms with Crippen molar-refractivity contribution in [3.8, 4) is 0 Å². The van der Waals surface area contributed by atoms with Crippen LogP contribution in [-0.2, 0) is 11.2 Å². The molecule has 1 aliphatic heterocycles. The van der Waals surface area contributed by atoms with Gasteiger partial charge in [-0.3, -0.25) is 14.6 Å². The predicted molar refractivity (Wildman–Crippen MR) is 96.5 cm³/mol. The summed E-state index contributed by atoms with van der Waals surface area (Å²) in [5.74, 6) is -0.0425. The quantitative estimate of drug-likeness (QED) is 0.915. The van der Waals surface area contributed by atoms with Crippen LogP contribution in [0.25, 0.3) is 0 Å². The van der Waals surface area contributed by atoms with Gasteiger partial charge in [0, 0.05) is 36.5 Å². The predicted octanol–water partition coefficient (Wildman–Crippen LogP) is 2.70. The van der Waals surface area contributed by atoms with Gasteiger partial charge >= 0.3 is 0 Å². The van der Waals surface area contributed by atoms with Crippen LogP contribution >= 0.6 is 11.6 Å². The molecule has 6 heteroatoms. The summed E-state index contributed by atoms with van der Waals surface area (Å²) < 4.78 is 0. The zero-order valence-corrected chi connectivity index (χ0v) is 14.6. The van der Waals surface area contributed by atoms with Crippen LogP contribution in [0.1, 0.15) is 28.8 Å². The summed E-state index contributed by atoms with van der Waals surface area (Å²) in [5.41, 5.74) is 1.40. The van der Waals surface area contributed by atoms with Gasteiger partial charge in [-0.15, -0.1) is 0 Å². The van der Waals surface area contributed by atoms with Crippen molar-refractivity contribution in [2.75, 3.05) is 13.1 Å². The van der Waals surface area contributed by atoms with Gasteiger partial charge in [-0.1, -0.05) is 29.8 Å². The summed E-state index contributed by atoms with van der Waals surface area (Å²) in [5, 5.41) is 3.64. The number of piperidine rings is 1. The molecule has 2 amide bonds. The molecule has 3 rings (SSSR count). The standard InChI is InChI=1S/C19H20ClN3O2/c20-17-6-2-1-4-14(17)12-18(24)23-10-7-16(8-11-23)22-19(25)15-5-3-9-21-13-15/h1-6,9,13,16H,7-8,10-12H2,(H,22,25). The molecule has 1 aliphatic rings. The van der Waals surface area contributed by atoms with Gasteiger partial charge in [-0.25, -0.2) is 0 Å². The Bertz CT molecular complexity index is 743. The van der Waals surface area contributed by atoms with E-state index < -0.39 is 0 Å². The molecule has 25 heavy (non-hydrogen) atoms. The molecule has 0 atom stereocenters. The van der Waals surface area contributed by atoms with Gasteiger partial charge in [-0.2, -0.15) is 0 Å². The molecule has 1 N–H and O–H groups in total. The van der Waals surface area contributed by atoms with E-state index in [9.17, 15) is 9.59 Å². The molecule has 0 saturated carbocycles. The molecule has 1 aromatic heterocycles. The normalized spacial score (nSPS) is 15.0. The van der Waals surface area contributed by atoms with Gasteiger partial charge < -0.3 is 10.2 Å². The van der Waals surface area contributed by atoms with Crippen molar-refractivity contribution in [2.24, 2.45) is 0 Å². The third-order valence-corrected chi connectivity index (χ3v) is 4.77. The zero-order valence-electron chi connectivity index (χ0n) is 13.8. The largest absolute Gasteiger partial charge is 0.349 e. The summed E-state index contributed by atoms with van der Waals surface area (Å²) in [7, 11) is 0. The number of benzene rings is 1. The smallest absolute Gasteiger partial charge is 0.253 e. The number of pyridine rings is 1. The fourth-order valence-electron chi connectivity index (χ4n) is 2.96. The van der Waals surface area contributed by atoms with Crippen LogP contribution in [-0.4, -0.2) is 40.8 Å². The Labute approximate surface area is 152 Å². The van der Waals surface area contributed by atoms with Gasteiger partial charge in [-0.05, 0) is 36.6 Å². The first kappa shape index (κ1) is 17.4. The summed E-state index contributed by atoms with van der Waals surface area (Å²) in [4.78, 5) is 30.4. The van der Waals surface area contributed by atoms with Crippen molar-refractivity contribution >= 4 is 23.4 Å². The van der Waals surface area contributed by atoms with Crippen LogP contribution in [0.4, 0.5) is 0 Å². The van der Waals surface area contributed by atoms with Crippen molar-refractivity contribution in [3.63, 3.8) is 0 Å². The van der Waals surface area contributed by atoms with Gasteiger partial charge in [0.05, 0.1) is 12.0 Å². The Morgan fingerprint density at radius 3 is 2.60 bits per heavy atom. The summed E-state index contributed by atoms with van der Waals surface area (Å²) in [6.07, 6.45) is 5.00. The second kappa shape index (κ2) is 8.12. The molecule has 2 aromatic rings. The van der Waals surface area contributed by atoms with Crippen molar-refractivity contribution in [3.05, 3.63) is 64.9 Å². The highest BCUT2D eigenvalue weighted by molar-refractivity contribution is 6.31. The Kier molecular flexibility index (Phi) is 5.66. The first-order chi connectivity index (χ1) is 12.1. The van der Waals surface area contributed by atoms with E-state index in [4.69, 9.17) is 11.6 Å². The molecule has 1 aromatic carbocycles. The van der Waals surface area contributed by atoms with E-state index in [2.05, 4.69) is 10.3 Å². The van der Waals surface area contributed by atoms with E-state index >= 15 is 0 Å². The second-order valence-electron chi connectivity index (χ2n) is 6.14. The van der Waals surface area contributed by atoms with Gasteiger partial charge in [0.2, 0.25) is 5.91 Å². The van der Waals surface area contributed by atoms with Crippen LogP contribution in [0.2, 0.25) is 5.02 Å². The number of aromatic nitrogens is 1. The number of nitrogens with zero attached hydrogens (tertiary/aromatic N) is 2. The topological polar surface area (TPSA) is 62.3 Å². The van der Waals surface area contributed by atoms with Crippen LogP contribution in [0.5, 0.6) is 0 Å². The number of amides is 2. The van der Waals surface area contributed by atoms with Crippen molar-refractivity contribution in [1.82, 2.24) is 15.2 Å². The average Bonchev–Trinajstić information content (AvgIpc) is 2.65. The number of likely N-dealkylation sites (tertiary alicyclic amines) is 1. The summed E-state index contributed by atoms with van der Waals surface area (Å²) >= 11 is 6.12. The van der Waals surface area contributed by atoms with Crippen LogP contribution in [0.3, 0.4) is 0 Å². The van der Waals surface area contributed by atoms with Crippen molar-refractivity contribution in [1.29, 1.82) is 0 Å². The second-order valence-corrected chi connectivity index (χ2v) is 6.55. The average molecular weight is 358 g/mol. The zero-order chi connectivity index (χ0) is 17.6. The van der Waals surface area contributed by atoms with Gasteiger partial charge in [0.15, 0.2) is 0 Å². The molecule has 1 saturated heterocycles. The van der Waals surface area contributed by atoms with E-state index in [-0.39, 0.29) is 17.9 Å². The number of rotatable bonds is 4. The maximum absolute atomic E-state index is 12.4. The third-order valence-electron chi connectivity index (χ3n) is 4.41. The van der Waals surface area contributed by atoms with E-state index in [0.717, 1.165) is 18.4 Å². The van der Waals surface area contributed by atoms with Gasteiger partial charge in [0.25, 0.3) is 5.91 Å². The molecule has 0 spiro atoms. The van der Waals surface area contributed by atoms with Crippen LogP contribution in [0, 0.1) is 0 Å². The lowest BCUT2D eigenvalue weighted by Crippen LogP contribution is -2.47. The van der Waals surface area contributed by atoms with Crippen molar-refractivity contribution in [2.45, 2.75) is 25.3 Å². The molecular formula is C19H20ClN3O2. The molecule has 0 radical (unpaired) electrons. The minimum atomic E-state index is -0.117. The fourth-order valence-corrected chi connectivity index (χ4v) is 3.16. The molecule has 2 heterocycles. The maximum Gasteiger partial charge on any atom is 0.253 e. The Morgan fingerprint density at radius 2 is 1.92 bits per heavy atom. The molecule has 130 valence electrons. The third kappa shape index (κ3) is 4.57. The maximum atomic E-state index is 12.4. The number of carbonyl (C=O) groups is 2. The monoisotopic (exact) mass is 357 g/mol. The highest BCUT2D eigenvalue weighted by atomic mass is 35.5. The minimum Gasteiger partial charge on any atom is -0.349 e. The Balaban J connectivity index is 1.49. The van der Waals surface area contributed by atoms with E-state index in [1.165, 1.54) is 0 Å². The fraction of sp³-hybridized carbons (Fsp3) is 0.316. The van der Waals surface area contributed by atoms with E-state index in [1.54, 1.807) is 30.6 Å². The van der Waals surface area contributed by atoms with Crippen LogP contribution < -0.4 is 5.32 Å². The molecule has 1 fully saturated rings. The molecular weight excluding hydrogens is 338 g/mol. The Hall–Kier alpha value is -2.40.